The van der Waals surface area contributed by atoms with Crippen molar-refractivity contribution in [2.75, 3.05) is 66.6 Å². The van der Waals surface area contributed by atoms with E-state index in [1.807, 2.05) is 0 Å². The van der Waals surface area contributed by atoms with Crippen molar-refractivity contribution in [2.24, 2.45) is 4.99 Å². The van der Waals surface area contributed by atoms with E-state index in [9.17, 15) is 0 Å². The summed E-state index contributed by atoms with van der Waals surface area (Å²) in [6.45, 7) is 12.4. The van der Waals surface area contributed by atoms with Crippen molar-refractivity contribution in [2.45, 2.75) is 39.2 Å². The number of aliphatic imine (C=N–C) groups is 1. The fraction of sp³-hybridized carbons (Fsp3) is 0.941. The Morgan fingerprint density at radius 2 is 1.96 bits per heavy atom. The number of methoxy groups -OCH3 is 1. The number of hydrogen-bond acceptors (Lipinski definition) is 4. The van der Waals surface area contributed by atoms with E-state index in [0.29, 0.717) is 6.04 Å². The summed E-state index contributed by atoms with van der Waals surface area (Å²) in [5, 5.41) is 6.97. The van der Waals surface area contributed by atoms with Crippen LogP contribution in [0.5, 0.6) is 0 Å². The summed E-state index contributed by atoms with van der Waals surface area (Å²) < 4.78 is 5.10. The number of guanidine groups is 1. The van der Waals surface area contributed by atoms with Gasteiger partial charge in [0, 0.05) is 45.9 Å². The van der Waals surface area contributed by atoms with Crippen LogP contribution in [-0.4, -0.2) is 88.4 Å². The Bertz CT molecular complexity index is 322. The lowest BCUT2D eigenvalue weighted by Crippen LogP contribution is -2.49. The molecule has 0 spiro atoms. The van der Waals surface area contributed by atoms with Gasteiger partial charge in [-0.15, -0.1) is 24.0 Å². The van der Waals surface area contributed by atoms with Crippen LogP contribution in [0.2, 0.25) is 0 Å². The molecule has 1 saturated heterocycles. The smallest absolute Gasteiger partial charge is 0.191 e. The van der Waals surface area contributed by atoms with Gasteiger partial charge >= 0.3 is 0 Å². The summed E-state index contributed by atoms with van der Waals surface area (Å²) in [4.78, 5) is 9.52. The normalized spacial score (nSPS) is 17.0. The van der Waals surface area contributed by atoms with Gasteiger partial charge in [0.1, 0.15) is 0 Å². The maximum absolute atomic E-state index is 5.10. The molecular formula is C17H38IN5O. The standard InChI is InChI=1S/C17H37N5O.HI/c1-5-10-22-11-7-16(8-12-22)20-17(18-6-2)19-9-13-21(3)14-15-23-4;/h16H,5-15H2,1-4H3,(H2,18,19,20);1H. The molecule has 1 aliphatic rings. The average molecular weight is 455 g/mol. The first-order valence-corrected chi connectivity index (χ1v) is 9.14. The number of ether oxygens (including phenoxy) is 1. The molecule has 7 heteroatoms. The van der Waals surface area contributed by atoms with Gasteiger partial charge in [-0.3, -0.25) is 4.99 Å². The molecule has 0 aromatic rings. The molecule has 1 rings (SSSR count). The molecule has 0 unspecified atom stereocenters. The number of piperidine rings is 1. The monoisotopic (exact) mass is 455 g/mol. The Morgan fingerprint density at radius 1 is 1.25 bits per heavy atom. The first-order chi connectivity index (χ1) is 11.2. The molecule has 0 amide bonds. The average Bonchev–Trinajstić information content (AvgIpc) is 2.55. The Morgan fingerprint density at radius 3 is 2.54 bits per heavy atom. The number of likely N-dealkylation sites (tertiary alicyclic amines) is 1. The molecule has 1 fully saturated rings. The molecule has 0 saturated carbocycles. The summed E-state index contributed by atoms with van der Waals surface area (Å²) in [5.41, 5.74) is 0. The minimum absolute atomic E-state index is 0. The lowest BCUT2D eigenvalue weighted by Gasteiger charge is -2.32. The van der Waals surface area contributed by atoms with Crippen LogP contribution in [0, 0.1) is 0 Å². The third-order valence-corrected chi connectivity index (χ3v) is 4.24. The fourth-order valence-corrected chi connectivity index (χ4v) is 2.82. The van der Waals surface area contributed by atoms with Gasteiger partial charge in [0.15, 0.2) is 5.96 Å². The van der Waals surface area contributed by atoms with Gasteiger partial charge in [-0.1, -0.05) is 6.92 Å². The largest absolute Gasteiger partial charge is 0.383 e. The van der Waals surface area contributed by atoms with E-state index in [0.717, 1.165) is 38.7 Å². The summed E-state index contributed by atoms with van der Waals surface area (Å²) in [6.07, 6.45) is 3.66. The van der Waals surface area contributed by atoms with Crippen LogP contribution in [0.3, 0.4) is 0 Å². The highest BCUT2D eigenvalue weighted by Crippen LogP contribution is 2.10. The van der Waals surface area contributed by atoms with Crippen molar-refractivity contribution in [3.63, 3.8) is 0 Å². The van der Waals surface area contributed by atoms with Crippen LogP contribution in [0.25, 0.3) is 0 Å². The van der Waals surface area contributed by atoms with Gasteiger partial charge in [-0.25, -0.2) is 0 Å². The SMILES string of the molecule is CCCN1CCC(NC(=NCCN(C)CCOC)NCC)CC1.I. The Balaban J connectivity index is 0.00000529. The lowest BCUT2D eigenvalue weighted by atomic mass is 10.1. The second-order valence-corrected chi connectivity index (χ2v) is 6.32. The van der Waals surface area contributed by atoms with Crippen LogP contribution in [0.1, 0.15) is 33.1 Å². The van der Waals surface area contributed by atoms with Gasteiger partial charge in [-0.2, -0.15) is 0 Å². The molecule has 0 bridgehead atoms. The summed E-state index contributed by atoms with van der Waals surface area (Å²) >= 11 is 0. The number of nitrogens with zero attached hydrogens (tertiary/aromatic N) is 3. The van der Waals surface area contributed by atoms with E-state index >= 15 is 0 Å². The summed E-state index contributed by atoms with van der Waals surface area (Å²) in [5.74, 6) is 0.960. The van der Waals surface area contributed by atoms with Crippen LogP contribution < -0.4 is 10.6 Å². The van der Waals surface area contributed by atoms with Crippen LogP contribution in [0.15, 0.2) is 4.99 Å². The van der Waals surface area contributed by atoms with E-state index in [-0.39, 0.29) is 24.0 Å². The van der Waals surface area contributed by atoms with E-state index in [2.05, 4.69) is 41.3 Å². The van der Waals surface area contributed by atoms with Crippen LogP contribution >= 0.6 is 24.0 Å². The molecule has 144 valence electrons. The minimum Gasteiger partial charge on any atom is -0.383 e. The van der Waals surface area contributed by atoms with Gasteiger partial charge in [-0.05, 0) is 39.8 Å². The van der Waals surface area contributed by atoms with Crippen molar-refractivity contribution in [1.29, 1.82) is 0 Å². The van der Waals surface area contributed by atoms with Gasteiger partial charge in [0.25, 0.3) is 0 Å². The molecule has 0 radical (unpaired) electrons. The predicted octanol–water partition coefficient (Wildman–Crippen LogP) is 1.61. The zero-order valence-corrected chi connectivity index (χ0v) is 18.3. The van der Waals surface area contributed by atoms with Crippen LogP contribution in [0.4, 0.5) is 0 Å². The molecule has 0 aromatic heterocycles. The highest BCUT2D eigenvalue weighted by Gasteiger charge is 2.19. The summed E-state index contributed by atoms with van der Waals surface area (Å²) in [7, 11) is 3.85. The first-order valence-electron chi connectivity index (χ1n) is 9.14. The van der Waals surface area contributed by atoms with Gasteiger partial charge in [0.2, 0.25) is 0 Å². The number of likely N-dealkylation sites (N-methyl/N-ethyl adjacent to an activating group) is 1. The second kappa shape index (κ2) is 15.2. The van der Waals surface area contributed by atoms with E-state index in [1.54, 1.807) is 7.11 Å². The molecule has 0 aromatic carbocycles. The van der Waals surface area contributed by atoms with Crippen molar-refractivity contribution in [3.8, 4) is 0 Å². The Kier molecular flexibility index (Phi) is 15.1. The van der Waals surface area contributed by atoms with E-state index < -0.39 is 0 Å². The fourth-order valence-electron chi connectivity index (χ4n) is 2.82. The van der Waals surface area contributed by atoms with E-state index in [1.165, 1.54) is 38.9 Å². The third kappa shape index (κ3) is 10.7. The van der Waals surface area contributed by atoms with Crippen molar-refractivity contribution >= 4 is 29.9 Å². The van der Waals surface area contributed by atoms with Crippen molar-refractivity contribution in [3.05, 3.63) is 0 Å². The van der Waals surface area contributed by atoms with Gasteiger partial charge in [0.05, 0.1) is 13.2 Å². The number of halogens is 1. The maximum Gasteiger partial charge on any atom is 0.191 e. The first kappa shape index (κ1) is 23.9. The second-order valence-electron chi connectivity index (χ2n) is 6.32. The molecule has 1 aliphatic heterocycles. The highest BCUT2D eigenvalue weighted by molar-refractivity contribution is 14.0. The van der Waals surface area contributed by atoms with E-state index in [4.69, 9.17) is 9.73 Å². The van der Waals surface area contributed by atoms with Gasteiger partial charge < -0.3 is 25.2 Å². The molecule has 6 nitrogen and oxygen atoms in total. The predicted molar refractivity (Wildman–Crippen MR) is 114 cm³/mol. The maximum atomic E-state index is 5.10. The topological polar surface area (TPSA) is 52.1 Å². The zero-order chi connectivity index (χ0) is 16.9. The van der Waals surface area contributed by atoms with Crippen LogP contribution in [-0.2, 0) is 4.74 Å². The quantitative estimate of drug-likeness (QED) is 0.298. The molecule has 0 atom stereocenters. The molecule has 1 heterocycles. The molecule has 2 N–H and O–H groups in total. The zero-order valence-electron chi connectivity index (χ0n) is 16.0. The Hall–Kier alpha value is -0.120. The highest BCUT2D eigenvalue weighted by atomic mass is 127. The van der Waals surface area contributed by atoms with Crippen molar-refractivity contribution in [1.82, 2.24) is 20.4 Å². The number of rotatable bonds is 10. The number of nitrogens with one attached hydrogen (secondary N) is 2. The molecule has 0 aliphatic carbocycles. The lowest BCUT2D eigenvalue weighted by molar-refractivity contribution is 0.163. The minimum atomic E-state index is 0. The molecular weight excluding hydrogens is 417 g/mol. The third-order valence-electron chi connectivity index (χ3n) is 4.24. The molecule has 24 heavy (non-hydrogen) atoms. The summed E-state index contributed by atoms with van der Waals surface area (Å²) in [6, 6.07) is 0.548. The Labute approximate surface area is 165 Å². The van der Waals surface area contributed by atoms with Crippen molar-refractivity contribution < 1.29 is 4.74 Å². The number of hydrogen-bond donors (Lipinski definition) is 2.